The molecule has 0 radical (unpaired) electrons. The van der Waals surface area contributed by atoms with E-state index < -0.39 is 10.2 Å². The normalized spacial score (nSPS) is 14.8. The number of hydrogen-bond acceptors (Lipinski definition) is 3. The van der Waals surface area contributed by atoms with Gasteiger partial charge in [-0.1, -0.05) is 6.07 Å². The van der Waals surface area contributed by atoms with Crippen molar-refractivity contribution in [2.24, 2.45) is 0 Å². The summed E-state index contributed by atoms with van der Waals surface area (Å²) in [6, 6.07) is 3.74. The van der Waals surface area contributed by atoms with E-state index >= 15 is 0 Å². The Morgan fingerprint density at radius 3 is 2.33 bits per heavy atom. The summed E-state index contributed by atoms with van der Waals surface area (Å²) in [6.45, 7) is 1.88. The number of thiophene rings is 1. The van der Waals surface area contributed by atoms with Gasteiger partial charge in [0, 0.05) is 26.0 Å². The van der Waals surface area contributed by atoms with E-state index in [2.05, 4.69) is 0 Å². The minimum atomic E-state index is -3.33. The monoisotopic (exact) mass is 248 g/mol. The summed E-state index contributed by atoms with van der Waals surface area (Å²) in [7, 11) is 1.34. The first kappa shape index (κ1) is 12.6. The molecule has 1 rings (SSSR count). The van der Waals surface area contributed by atoms with E-state index in [0.717, 1.165) is 4.88 Å². The van der Waals surface area contributed by atoms with Crippen molar-refractivity contribution >= 4 is 21.5 Å². The molecule has 0 unspecified atom stereocenters. The van der Waals surface area contributed by atoms with Crippen molar-refractivity contribution in [1.29, 1.82) is 0 Å². The van der Waals surface area contributed by atoms with E-state index in [1.807, 2.05) is 24.4 Å². The maximum Gasteiger partial charge on any atom is 0.281 e. The maximum absolute atomic E-state index is 11.8. The van der Waals surface area contributed by atoms with Crippen molar-refractivity contribution in [1.82, 2.24) is 8.61 Å². The fourth-order valence-corrected chi connectivity index (χ4v) is 3.09. The second kappa shape index (κ2) is 4.61. The zero-order chi connectivity index (χ0) is 11.6. The van der Waals surface area contributed by atoms with E-state index in [9.17, 15) is 8.42 Å². The minimum absolute atomic E-state index is 0.127. The highest BCUT2D eigenvalue weighted by molar-refractivity contribution is 7.86. The van der Waals surface area contributed by atoms with E-state index in [4.69, 9.17) is 0 Å². The van der Waals surface area contributed by atoms with E-state index in [1.165, 1.54) is 22.7 Å². The highest BCUT2D eigenvalue weighted by atomic mass is 32.2. The Morgan fingerprint density at radius 1 is 1.33 bits per heavy atom. The molecule has 0 fully saturated rings. The van der Waals surface area contributed by atoms with E-state index in [1.54, 1.807) is 18.4 Å². The van der Waals surface area contributed by atoms with Crippen LogP contribution in [-0.4, -0.2) is 38.2 Å². The highest BCUT2D eigenvalue weighted by Crippen LogP contribution is 2.25. The standard InChI is InChI=1S/C9H16N2O2S2/c1-8(9-6-5-7-14-9)11(4)15(12,13)10(2)3/h5-8H,1-4H3/t8-/m1/s1. The van der Waals surface area contributed by atoms with Gasteiger partial charge >= 0.3 is 0 Å². The zero-order valence-corrected chi connectivity index (χ0v) is 11.0. The van der Waals surface area contributed by atoms with E-state index in [0.29, 0.717) is 0 Å². The summed E-state index contributed by atoms with van der Waals surface area (Å²) in [5, 5.41) is 1.95. The molecule has 1 aromatic heterocycles. The van der Waals surface area contributed by atoms with Gasteiger partial charge in [-0.25, -0.2) is 0 Å². The molecule has 0 aliphatic rings. The predicted molar refractivity (Wildman–Crippen MR) is 63.1 cm³/mol. The van der Waals surface area contributed by atoms with Crippen LogP contribution in [0.2, 0.25) is 0 Å². The SMILES string of the molecule is C[C@H](c1cccs1)N(C)S(=O)(=O)N(C)C. The fourth-order valence-electron chi connectivity index (χ4n) is 1.17. The van der Waals surface area contributed by atoms with Gasteiger partial charge in [-0.05, 0) is 18.4 Å². The van der Waals surface area contributed by atoms with Crippen LogP contribution in [0, 0.1) is 0 Å². The Bertz CT molecular complexity index is 398. The lowest BCUT2D eigenvalue weighted by Crippen LogP contribution is -2.38. The van der Waals surface area contributed by atoms with Gasteiger partial charge in [-0.15, -0.1) is 11.3 Å². The molecule has 0 saturated carbocycles. The predicted octanol–water partition coefficient (Wildman–Crippen LogP) is 1.55. The van der Waals surface area contributed by atoms with Crippen LogP contribution >= 0.6 is 11.3 Å². The molecule has 0 N–H and O–H groups in total. The Morgan fingerprint density at radius 2 is 1.93 bits per heavy atom. The van der Waals surface area contributed by atoms with Crippen molar-refractivity contribution < 1.29 is 8.42 Å². The average Bonchev–Trinajstić information content (AvgIpc) is 2.67. The van der Waals surface area contributed by atoms with Crippen LogP contribution in [0.1, 0.15) is 17.8 Å². The molecule has 1 aromatic rings. The van der Waals surface area contributed by atoms with Gasteiger partial charge in [0.05, 0.1) is 6.04 Å². The minimum Gasteiger partial charge on any atom is -0.195 e. The summed E-state index contributed by atoms with van der Waals surface area (Å²) in [5.41, 5.74) is 0. The number of hydrogen-bond donors (Lipinski definition) is 0. The first-order chi connectivity index (χ1) is 6.87. The van der Waals surface area contributed by atoms with Gasteiger partial charge in [0.25, 0.3) is 10.2 Å². The Kier molecular flexibility index (Phi) is 3.88. The van der Waals surface area contributed by atoms with Crippen molar-refractivity contribution in [2.75, 3.05) is 21.1 Å². The molecule has 0 aromatic carbocycles. The largest absolute Gasteiger partial charge is 0.281 e. The van der Waals surface area contributed by atoms with Gasteiger partial charge in [0.1, 0.15) is 0 Å². The maximum atomic E-state index is 11.8. The van der Waals surface area contributed by atoms with Crippen molar-refractivity contribution in [3.63, 3.8) is 0 Å². The molecule has 0 amide bonds. The molecule has 0 aliphatic heterocycles. The van der Waals surface area contributed by atoms with Crippen LogP contribution in [0.3, 0.4) is 0 Å². The summed E-state index contributed by atoms with van der Waals surface area (Å²) >= 11 is 1.56. The molecule has 0 aliphatic carbocycles. The first-order valence-corrected chi connectivity index (χ1v) is 6.84. The molecular formula is C9H16N2O2S2. The van der Waals surface area contributed by atoms with Gasteiger partial charge in [0.2, 0.25) is 0 Å². The molecule has 0 bridgehead atoms. The Hall–Kier alpha value is -0.430. The zero-order valence-electron chi connectivity index (χ0n) is 9.34. The molecule has 1 atom stereocenters. The van der Waals surface area contributed by atoms with Gasteiger partial charge in [-0.3, -0.25) is 0 Å². The summed E-state index contributed by atoms with van der Waals surface area (Å²) < 4.78 is 26.2. The third-order valence-corrected chi connectivity index (χ3v) is 5.34. The van der Waals surface area contributed by atoms with Gasteiger partial charge in [0.15, 0.2) is 0 Å². The lowest BCUT2D eigenvalue weighted by atomic mass is 10.3. The third kappa shape index (κ3) is 2.57. The van der Waals surface area contributed by atoms with Gasteiger partial charge in [-0.2, -0.15) is 17.0 Å². The second-order valence-corrected chi connectivity index (χ2v) is 6.68. The Labute approximate surface area is 95.3 Å². The van der Waals surface area contributed by atoms with Crippen LogP contribution in [0.5, 0.6) is 0 Å². The number of rotatable bonds is 4. The van der Waals surface area contributed by atoms with Crippen molar-refractivity contribution in [3.8, 4) is 0 Å². The van der Waals surface area contributed by atoms with Gasteiger partial charge < -0.3 is 0 Å². The Balaban J connectivity index is 2.91. The fraction of sp³-hybridized carbons (Fsp3) is 0.556. The van der Waals surface area contributed by atoms with Crippen molar-refractivity contribution in [2.45, 2.75) is 13.0 Å². The third-order valence-electron chi connectivity index (χ3n) is 2.33. The van der Waals surface area contributed by atoms with E-state index in [-0.39, 0.29) is 6.04 Å². The molecule has 0 spiro atoms. The molecule has 6 heteroatoms. The highest BCUT2D eigenvalue weighted by Gasteiger charge is 2.26. The lowest BCUT2D eigenvalue weighted by Gasteiger charge is -2.26. The molecule has 4 nitrogen and oxygen atoms in total. The van der Waals surface area contributed by atoms with Crippen LogP contribution in [0.25, 0.3) is 0 Å². The van der Waals surface area contributed by atoms with Crippen LogP contribution in [0.15, 0.2) is 17.5 Å². The molecule has 1 heterocycles. The first-order valence-electron chi connectivity index (χ1n) is 4.56. The molecular weight excluding hydrogens is 232 g/mol. The summed E-state index contributed by atoms with van der Waals surface area (Å²) in [5.74, 6) is 0. The lowest BCUT2D eigenvalue weighted by molar-refractivity contribution is 0.368. The quantitative estimate of drug-likeness (QED) is 0.811. The second-order valence-electron chi connectivity index (χ2n) is 3.50. The van der Waals surface area contributed by atoms with Crippen LogP contribution < -0.4 is 0 Å². The smallest absolute Gasteiger partial charge is 0.195 e. The topological polar surface area (TPSA) is 40.6 Å². The number of nitrogens with zero attached hydrogens (tertiary/aromatic N) is 2. The van der Waals surface area contributed by atoms with Crippen molar-refractivity contribution in [3.05, 3.63) is 22.4 Å². The average molecular weight is 248 g/mol. The molecule has 15 heavy (non-hydrogen) atoms. The molecule has 86 valence electrons. The molecule has 0 saturated heterocycles. The summed E-state index contributed by atoms with van der Waals surface area (Å²) in [4.78, 5) is 1.04. The van der Waals surface area contributed by atoms with Crippen LogP contribution in [-0.2, 0) is 10.2 Å². The van der Waals surface area contributed by atoms with Crippen LogP contribution in [0.4, 0.5) is 0 Å². The summed E-state index contributed by atoms with van der Waals surface area (Å²) in [6.07, 6.45) is 0.